The Morgan fingerprint density at radius 1 is 1.56 bits per heavy atom. The van der Waals surface area contributed by atoms with Crippen molar-refractivity contribution in [2.45, 2.75) is 12.5 Å². The quantitative estimate of drug-likeness (QED) is 0.863. The van der Waals surface area contributed by atoms with Crippen LogP contribution in [0.2, 0.25) is 0 Å². The monoisotopic (exact) mass is 264 g/mol. The third kappa shape index (κ3) is 3.19. The summed E-state index contributed by atoms with van der Waals surface area (Å²) in [5.41, 5.74) is 7.08. The van der Waals surface area contributed by atoms with Crippen LogP contribution in [0.5, 0.6) is 0 Å². The second-order valence-corrected chi connectivity index (χ2v) is 5.54. The van der Waals surface area contributed by atoms with Crippen molar-refractivity contribution in [3.05, 3.63) is 40.3 Å². The maximum atomic E-state index is 5.89. The summed E-state index contributed by atoms with van der Waals surface area (Å²) in [5, 5.41) is 6.34. The predicted molar refractivity (Wildman–Crippen MR) is 75.7 cm³/mol. The molecule has 0 amide bonds. The minimum atomic E-state index is 0.249. The number of nitrogens with two attached hydrogens (primary N) is 1. The molecule has 2 heterocycles. The van der Waals surface area contributed by atoms with Crippen LogP contribution in [0.25, 0.3) is 0 Å². The first-order valence-electron chi connectivity index (χ1n) is 6.12. The smallest absolute Gasteiger partial charge is 0.0538 e. The summed E-state index contributed by atoms with van der Waals surface area (Å²) < 4.78 is 1.82. The highest BCUT2D eigenvalue weighted by Gasteiger charge is 2.16. The maximum absolute atomic E-state index is 5.89. The number of aromatic nitrogens is 2. The molecule has 1 atom stereocenters. The van der Waals surface area contributed by atoms with Crippen LogP contribution in [0.3, 0.4) is 0 Å². The summed E-state index contributed by atoms with van der Waals surface area (Å²) in [6.45, 7) is 1.63. The van der Waals surface area contributed by atoms with Crippen LogP contribution in [0.15, 0.2) is 29.9 Å². The number of rotatable bonds is 6. The van der Waals surface area contributed by atoms with Crippen molar-refractivity contribution in [3.8, 4) is 0 Å². The molecule has 2 aromatic heterocycles. The lowest BCUT2D eigenvalue weighted by atomic mass is 10.1. The molecular weight excluding hydrogens is 244 g/mol. The van der Waals surface area contributed by atoms with Gasteiger partial charge in [0.15, 0.2) is 0 Å². The van der Waals surface area contributed by atoms with Gasteiger partial charge in [0.1, 0.15) is 0 Å². The lowest BCUT2D eigenvalue weighted by Gasteiger charge is -2.25. The Labute approximate surface area is 112 Å². The van der Waals surface area contributed by atoms with Gasteiger partial charge in [-0.25, -0.2) is 0 Å². The predicted octanol–water partition coefficient (Wildman–Crippen LogP) is 1.66. The van der Waals surface area contributed by atoms with E-state index in [9.17, 15) is 0 Å². The van der Waals surface area contributed by atoms with E-state index in [1.165, 1.54) is 10.4 Å². The summed E-state index contributed by atoms with van der Waals surface area (Å²) in [4.78, 5) is 3.72. The van der Waals surface area contributed by atoms with E-state index in [0.29, 0.717) is 6.54 Å². The van der Waals surface area contributed by atoms with E-state index in [1.807, 2.05) is 35.5 Å². The fraction of sp³-hybridized carbons (Fsp3) is 0.462. The Bertz CT molecular complexity index is 463. The molecule has 0 aliphatic rings. The third-order valence-corrected chi connectivity index (χ3v) is 4.09. The van der Waals surface area contributed by atoms with Gasteiger partial charge in [-0.1, -0.05) is 6.07 Å². The average molecular weight is 264 g/mol. The van der Waals surface area contributed by atoms with Crippen molar-refractivity contribution in [3.63, 3.8) is 0 Å². The number of likely N-dealkylation sites (N-methyl/N-ethyl adjacent to an activating group) is 1. The van der Waals surface area contributed by atoms with Gasteiger partial charge in [-0.15, -0.1) is 11.3 Å². The molecule has 0 aromatic carbocycles. The second-order valence-electron chi connectivity index (χ2n) is 4.51. The standard InChI is InChI=1S/C13H20N4S/c1-16(6-5-12-4-3-7-18-12)13(8-14)11-9-15-17(2)10-11/h3-4,7,9-10,13H,5-6,8,14H2,1-2H3. The van der Waals surface area contributed by atoms with Crippen LogP contribution >= 0.6 is 11.3 Å². The molecule has 2 rings (SSSR count). The van der Waals surface area contributed by atoms with Crippen molar-refractivity contribution >= 4 is 11.3 Å². The lowest BCUT2D eigenvalue weighted by Crippen LogP contribution is -2.31. The normalized spacial score (nSPS) is 13.1. The maximum Gasteiger partial charge on any atom is 0.0538 e. The molecule has 2 aromatic rings. The molecule has 0 aliphatic carbocycles. The molecule has 2 N–H and O–H groups in total. The number of hydrogen-bond acceptors (Lipinski definition) is 4. The molecule has 0 saturated carbocycles. The topological polar surface area (TPSA) is 47.1 Å². The van der Waals surface area contributed by atoms with E-state index >= 15 is 0 Å². The van der Waals surface area contributed by atoms with E-state index < -0.39 is 0 Å². The van der Waals surface area contributed by atoms with Crippen molar-refractivity contribution < 1.29 is 0 Å². The Morgan fingerprint density at radius 2 is 2.39 bits per heavy atom. The molecule has 5 heteroatoms. The SMILES string of the molecule is CN(CCc1cccs1)C(CN)c1cnn(C)c1. The molecule has 0 spiro atoms. The van der Waals surface area contributed by atoms with Crippen LogP contribution in [0, 0.1) is 0 Å². The van der Waals surface area contributed by atoms with Crippen molar-refractivity contribution in [1.82, 2.24) is 14.7 Å². The highest BCUT2D eigenvalue weighted by atomic mass is 32.1. The summed E-state index contributed by atoms with van der Waals surface area (Å²) in [6.07, 6.45) is 5.02. The first kappa shape index (κ1) is 13.3. The molecule has 0 radical (unpaired) electrons. The van der Waals surface area contributed by atoms with E-state index in [2.05, 4.69) is 34.6 Å². The van der Waals surface area contributed by atoms with E-state index in [0.717, 1.165) is 13.0 Å². The summed E-state index contributed by atoms with van der Waals surface area (Å²) in [6, 6.07) is 4.53. The first-order chi connectivity index (χ1) is 8.70. The molecule has 1 unspecified atom stereocenters. The fourth-order valence-electron chi connectivity index (χ4n) is 2.08. The van der Waals surface area contributed by atoms with Crippen LogP contribution in [-0.2, 0) is 13.5 Å². The zero-order valence-electron chi connectivity index (χ0n) is 10.9. The molecular formula is C13H20N4S. The number of hydrogen-bond donors (Lipinski definition) is 1. The van der Waals surface area contributed by atoms with Crippen LogP contribution < -0.4 is 5.73 Å². The molecule has 0 saturated heterocycles. The summed E-state index contributed by atoms with van der Waals surface area (Å²) in [5.74, 6) is 0. The van der Waals surface area contributed by atoms with Crippen LogP contribution in [0.4, 0.5) is 0 Å². The molecule has 98 valence electrons. The van der Waals surface area contributed by atoms with Crippen LogP contribution in [0.1, 0.15) is 16.5 Å². The zero-order valence-corrected chi connectivity index (χ0v) is 11.7. The summed E-state index contributed by atoms with van der Waals surface area (Å²) >= 11 is 1.81. The Balaban J connectivity index is 1.95. The van der Waals surface area contributed by atoms with Gasteiger partial charge in [-0.3, -0.25) is 9.58 Å². The highest BCUT2D eigenvalue weighted by molar-refractivity contribution is 7.09. The van der Waals surface area contributed by atoms with E-state index in [-0.39, 0.29) is 6.04 Å². The van der Waals surface area contributed by atoms with Gasteiger partial charge in [-0.2, -0.15) is 5.10 Å². The third-order valence-electron chi connectivity index (χ3n) is 3.16. The van der Waals surface area contributed by atoms with Gasteiger partial charge in [0, 0.05) is 42.8 Å². The second kappa shape index (κ2) is 6.13. The fourth-order valence-corrected chi connectivity index (χ4v) is 2.78. The number of aryl methyl sites for hydroxylation is 1. The van der Waals surface area contributed by atoms with E-state index in [1.54, 1.807) is 0 Å². The number of thiophene rings is 1. The van der Waals surface area contributed by atoms with E-state index in [4.69, 9.17) is 5.73 Å². The van der Waals surface area contributed by atoms with Gasteiger partial charge in [0.05, 0.1) is 6.20 Å². The minimum Gasteiger partial charge on any atom is -0.329 e. The highest BCUT2D eigenvalue weighted by Crippen LogP contribution is 2.18. The molecule has 0 fully saturated rings. The van der Waals surface area contributed by atoms with Crippen molar-refractivity contribution in [2.75, 3.05) is 20.1 Å². The van der Waals surface area contributed by atoms with Gasteiger partial charge in [-0.05, 0) is 24.9 Å². The minimum absolute atomic E-state index is 0.249. The Morgan fingerprint density at radius 3 is 2.94 bits per heavy atom. The average Bonchev–Trinajstić information content (AvgIpc) is 2.99. The first-order valence-corrected chi connectivity index (χ1v) is 7.00. The van der Waals surface area contributed by atoms with Gasteiger partial charge in [0.2, 0.25) is 0 Å². The molecule has 18 heavy (non-hydrogen) atoms. The molecule has 4 nitrogen and oxygen atoms in total. The largest absolute Gasteiger partial charge is 0.329 e. The van der Waals surface area contributed by atoms with Crippen molar-refractivity contribution in [1.29, 1.82) is 0 Å². The summed E-state index contributed by atoms with van der Waals surface area (Å²) in [7, 11) is 4.06. The Hall–Kier alpha value is -1.17. The zero-order chi connectivity index (χ0) is 13.0. The molecule has 0 bridgehead atoms. The number of nitrogens with zero attached hydrogens (tertiary/aromatic N) is 3. The van der Waals surface area contributed by atoms with Crippen LogP contribution in [-0.4, -0.2) is 34.8 Å². The molecule has 0 aliphatic heterocycles. The Kier molecular flexibility index (Phi) is 4.52. The van der Waals surface area contributed by atoms with Gasteiger partial charge in [0.25, 0.3) is 0 Å². The van der Waals surface area contributed by atoms with Gasteiger partial charge >= 0.3 is 0 Å². The van der Waals surface area contributed by atoms with Crippen molar-refractivity contribution in [2.24, 2.45) is 12.8 Å². The van der Waals surface area contributed by atoms with Gasteiger partial charge < -0.3 is 5.73 Å². The lowest BCUT2D eigenvalue weighted by molar-refractivity contribution is 0.253.